The Balaban J connectivity index is 1.69. The van der Waals surface area contributed by atoms with Crippen LogP contribution < -0.4 is 10.2 Å². The number of aromatic nitrogens is 2. The van der Waals surface area contributed by atoms with E-state index < -0.39 is 0 Å². The van der Waals surface area contributed by atoms with Crippen molar-refractivity contribution in [1.82, 2.24) is 9.97 Å². The summed E-state index contributed by atoms with van der Waals surface area (Å²) in [6.45, 7) is 3.16. The highest BCUT2D eigenvalue weighted by Gasteiger charge is 2.12. The molecule has 1 aliphatic rings. The van der Waals surface area contributed by atoms with Gasteiger partial charge in [0.25, 0.3) is 5.91 Å². The largest absolute Gasteiger partial charge is 0.378 e. The van der Waals surface area contributed by atoms with Crippen molar-refractivity contribution < 1.29 is 9.53 Å². The maximum Gasteiger partial charge on any atom is 0.259 e. The van der Waals surface area contributed by atoms with E-state index in [-0.39, 0.29) is 5.91 Å². The molecule has 1 fully saturated rings. The Labute approximate surface area is 133 Å². The van der Waals surface area contributed by atoms with Crippen LogP contribution in [-0.4, -0.2) is 42.2 Å². The number of hydrogen-bond donors (Lipinski definition) is 2. The van der Waals surface area contributed by atoms with Crippen molar-refractivity contribution in [2.24, 2.45) is 0 Å². The summed E-state index contributed by atoms with van der Waals surface area (Å²) >= 11 is 5.10. The molecule has 7 heteroatoms. The van der Waals surface area contributed by atoms with E-state index in [4.69, 9.17) is 17.0 Å². The molecule has 0 unspecified atom stereocenters. The van der Waals surface area contributed by atoms with E-state index in [2.05, 4.69) is 20.2 Å². The molecule has 0 aromatic carbocycles. The van der Waals surface area contributed by atoms with Gasteiger partial charge in [-0.15, -0.1) is 0 Å². The average Bonchev–Trinajstić information content (AvgIpc) is 2.57. The van der Waals surface area contributed by atoms with Crippen LogP contribution in [0.25, 0.3) is 0 Å². The highest BCUT2D eigenvalue weighted by atomic mass is 32.1. The number of ether oxygens (including phenoxy) is 1. The van der Waals surface area contributed by atoms with Crippen molar-refractivity contribution in [2.45, 2.75) is 0 Å². The normalized spacial score (nSPS) is 14.6. The zero-order valence-corrected chi connectivity index (χ0v) is 12.7. The number of amides is 1. The van der Waals surface area contributed by atoms with Crippen molar-refractivity contribution in [3.8, 4) is 0 Å². The molecular weight excluding hydrogens is 300 g/mol. The molecule has 0 bridgehead atoms. The van der Waals surface area contributed by atoms with Gasteiger partial charge in [0.05, 0.1) is 30.7 Å². The summed E-state index contributed by atoms with van der Waals surface area (Å²) in [4.78, 5) is 21.5. The van der Waals surface area contributed by atoms with Gasteiger partial charge in [-0.25, -0.2) is 4.98 Å². The Morgan fingerprint density at radius 2 is 2.14 bits per heavy atom. The first-order valence-corrected chi connectivity index (χ1v) is 7.43. The molecule has 0 aliphatic carbocycles. The number of aromatic amines is 1. The van der Waals surface area contributed by atoms with Gasteiger partial charge >= 0.3 is 0 Å². The molecule has 1 amide bonds. The molecule has 2 aromatic heterocycles. The van der Waals surface area contributed by atoms with Crippen LogP contribution in [-0.2, 0) is 4.74 Å². The van der Waals surface area contributed by atoms with Gasteiger partial charge < -0.3 is 19.9 Å². The molecule has 0 atom stereocenters. The smallest absolute Gasteiger partial charge is 0.259 e. The molecule has 6 nitrogen and oxygen atoms in total. The molecule has 0 radical (unpaired) electrons. The fourth-order valence-corrected chi connectivity index (χ4v) is 2.48. The summed E-state index contributed by atoms with van der Waals surface area (Å²) in [6, 6.07) is 7.15. The van der Waals surface area contributed by atoms with Crippen LogP contribution >= 0.6 is 12.2 Å². The standard InChI is InChI=1S/C15H16N4O2S/c20-14(12-2-1-5-16-15(12)22)18-13-4-3-11(10-17-13)19-6-8-21-9-7-19/h1-5,10H,6-9H2,(H,16,22)(H,17,18,20). The second-order valence-corrected chi connectivity index (χ2v) is 5.28. The third-order valence-corrected chi connectivity index (χ3v) is 3.77. The van der Waals surface area contributed by atoms with Gasteiger partial charge in [-0.05, 0) is 24.3 Å². The highest BCUT2D eigenvalue weighted by molar-refractivity contribution is 7.71. The van der Waals surface area contributed by atoms with Crippen LogP contribution in [0.15, 0.2) is 36.7 Å². The number of H-pyrrole nitrogens is 1. The van der Waals surface area contributed by atoms with E-state index in [9.17, 15) is 4.79 Å². The number of rotatable bonds is 3. The average molecular weight is 316 g/mol. The van der Waals surface area contributed by atoms with Gasteiger partial charge in [0, 0.05) is 19.3 Å². The Morgan fingerprint density at radius 1 is 1.32 bits per heavy atom. The number of anilines is 2. The molecule has 3 rings (SSSR count). The predicted molar refractivity (Wildman–Crippen MR) is 86.8 cm³/mol. The van der Waals surface area contributed by atoms with Gasteiger partial charge in [-0.1, -0.05) is 12.2 Å². The monoisotopic (exact) mass is 316 g/mol. The molecular formula is C15H16N4O2S. The van der Waals surface area contributed by atoms with Crippen molar-refractivity contribution in [2.75, 3.05) is 36.5 Å². The van der Waals surface area contributed by atoms with Crippen molar-refractivity contribution >= 4 is 29.6 Å². The number of nitrogens with zero attached hydrogens (tertiary/aromatic N) is 2. The fourth-order valence-electron chi connectivity index (χ4n) is 2.25. The SMILES string of the molecule is O=C(Nc1ccc(N2CCOCC2)cn1)c1ccc[nH]c1=S. The second-order valence-electron chi connectivity index (χ2n) is 4.87. The van der Waals surface area contributed by atoms with E-state index in [1.54, 1.807) is 30.6 Å². The van der Waals surface area contributed by atoms with Gasteiger partial charge in [-0.3, -0.25) is 4.79 Å². The lowest BCUT2D eigenvalue weighted by molar-refractivity contribution is 0.102. The molecule has 0 saturated carbocycles. The molecule has 0 spiro atoms. The number of morpholine rings is 1. The first kappa shape index (κ1) is 14.7. The first-order chi connectivity index (χ1) is 10.7. The summed E-state index contributed by atoms with van der Waals surface area (Å²) in [6.07, 6.45) is 3.45. The minimum absolute atomic E-state index is 0.270. The van der Waals surface area contributed by atoms with E-state index in [1.165, 1.54) is 0 Å². The topological polar surface area (TPSA) is 70.2 Å². The van der Waals surface area contributed by atoms with Crippen LogP contribution in [0.2, 0.25) is 0 Å². The highest BCUT2D eigenvalue weighted by Crippen LogP contribution is 2.17. The number of carbonyl (C=O) groups is 1. The van der Waals surface area contributed by atoms with E-state index >= 15 is 0 Å². The summed E-state index contributed by atoms with van der Waals surface area (Å²) in [7, 11) is 0. The van der Waals surface area contributed by atoms with Crippen molar-refractivity contribution in [3.05, 3.63) is 46.9 Å². The van der Waals surface area contributed by atoms with Gasteiger partial charge in [0.2, 0.25) is 0 Å². The molecule has 1 aliphatic heterocycles. The molecule has 2 N–H and O–H groups in total. The fraction of sp³-hybridized carbons (Fsp3) is 0.267. The Bertz CT molecular complexity index is 708. The molecule has 3 heterocycles. The maximum absolute atomic E-state index is 12.2. The molecule has 2 aromatic rings. The van der Waals surface area contributed by atoms with E-state index in [0.29, 0.717) is 16.0 Å². The summed E-state index contributed by atoms with van der Waals surface area (Å²) in [5.41, 5.74) is 1.45. The number of nitrogens with one attached hydrogen (secondary N) is 2. The summed E-state index contributed by atoms with van der Waals surface area (Å²) < 4.78 is 5.73. The summed E-state index contributed by atoms with van der Waals surface area (Å²) in [5.74, 6) is 0.230. The lowest BCUT2D eigenvalue weighted by atomic mass is 10.2. The van der Waals surface area contributed by atoms with Crippen LogP contribution in [0.5, 0.6) is 0 Å². The Morgan fingerprint density at radius 3 is 2.82 bits per heavy atom. The van der Waals surface area contributed by atoms with Crippen molar-refractivity contribution in [3.63, 3.8) is 0 Å². The zero-order valence-electron chi connectivity index (χ0n) is 11.9. The Hall–Kier alpha value is -2.25. The van der Waals surface area contributed by atoms with Gasteiger partial charge in [0.15, 0.2) is 0 Å². The van der Waals surface area contributed by atoms with E-state index in [0.717, 1.165) is 32.0 Å². The summed E-state index contributed by atoms with van der Waals surface area (Å²) in [5, 5.41) is 2.75. The predicted octanol–water partition coefficient (Wildman–Crippen LogP) is 2.23. The van der Waals surface area contributed by atoms with Crippen molar-refractivity contribution in [1.29, 1.82) is 0 Å². The van der Waals surface area contributed by atoms with Gasteiger partial charge in [-0.2, -0.15) is 0 Å². The van der Waals surface area contributed by atoms with Crippen LogP contribution in [0.4, 0.5) is 11.5 Å². The third-order valence-electron chi connectivity index (χ3n) is 3.43. The van der Waals surface area contributed by atoms with Crippen LogP contribution in [0, 0.1) is 4.64 Å². The van der Waals surface area contributed by atoms with E-state index in [1.807, 2.05) is 6.07 Å². The lowest BCUT2D eigenvalue weighted by Crippen LogP contribution is -2.36. The number of pyridine rings is 2. The first-order valence-electron chi connectivity index (χ1n) is 7.02. The van der Waals surface area contributed by atoms with Crippen LogP contribution in [0.3, 0.4) is 0 Å². The zero-order chi connectivity index (χ0) is 15.4. The minimum Gasteiger partial charge on any atom is -0.378 e. The lowest BCUT2D eigenvalue weighted by Gasteiger charge is -2.28. The Kier molecular flexibility index (Phi) is 4.45. The third kappa shape index (κ3) is 3.32. The molecule has 114 valence electrons. The second kappa shape index (κ2) is 6.67. The number of carbonyl (C=O) groups excluding carboxylic acids is 1. The quantitative estimate of drug-likeness (QED) is 0.850. The molecule has 1 saturated heterocycles. The van der Waals surface area contributed by atoms with Crippen LogP contribution in [0.1, 0.15) is 10.4 Å². The van der Waals surface area contributed by atoms with Gasteiger partial charge in [0.1, 0.15) is 10.5 Å². The minimum atomic E-state index is -0.270. The maximum atomic E-state index is 12.2. The molecule has 22 heavy (non-hydrogen) atoms. The number of hydrogen-bond acceptors (Lipinski definition) is 5.